The standard InChI is InChI=1S/C33H49B2NO5/c1-10-11-12-13-14-15-16-21-36-26-19-17-24(34-38-30(2,3)31(4,5)39-34)22-28(26)37-29-23-25(18-20-27(29)36)35-40-32(6,7)33(8,9)41-35/h17-20,22-23H,10-16,21H2,1-9H3. The third-order valence-corrected chi connectivity index (χ3v) is 9.81. The summed E-state index contributed by atoms with van der Waals surface area (Å²) in [5.41, 5.74) is 2.47. The number of benzene rings is 2. The Labute approximate surface area is 248 Å². The lowest BCUT2D eigenvalue weighted by Crippen LogP contribution is -2.41. The number of hydrogen-bond acceptors (Lipinski definition) is 6. The van der Waals surface area contributed by atoms with Crippen LogP contribution in [0.15, 0.2) is 36.4 Å². The van der Waals surface area contributed by atoms with E-state index < -0.39 is 36.6 Å². The Balaban J connectivity index is 1.41. The van der Waals surface area contributed by atoms with Crippen LogP contribution in [-0.2, 0) is 18.6 Å². The number of rotatable bonds is 10. The lowest BCUT2D eigenvalue weighted by molar-refractivity contribution is 0.00578. The monoisotopic (exact) mass is 561 g/mol. The highest BCUT2D eigenvalue weighted by atomic mass is 16.7. The van der Waals surface area contributed by atoms with Gasteiger partial charge in [0.05, 0.1) is 33.8 Å². The van der Waals surface area contributed by atoms with Gasteiger partial charge in [-0.05, 0) is 97.0 Å². The van der Waals surface area contributed by atoms with Crippen molar-refractivity contribution in [2.75, 3.05) is 11.4 Å². The van der Waals surface area contributed by atoms with Crippen LogP contribution in [0.5, 0.6) is 11.5 Å². The van der Waals surface area contributed by atoms with E-state index in [1.54, 1.807) is 0 Å². The first-order valence-electron chi connectivity index (χ1n) is 15.7. The van der Waals surface area contributed by atoms with Crippen molar-refractivity contribution in [1.82, 2.24) is 0 Å². The van der Waals surface area contributed by atoms with E-state index in [2.05, 4.69) is 104 Å². The summed E-state index contributed by atoms with van der Waals surface area (Å²) in [7, 11) is -0.883. The SMILES string of the molecule is CCCCCCCCCN1c2ccc(B3OC(C)(C)C(C)(C)O3)cc2Oc2cc(B3OC(C)(C)C(C)(C)O3)ccc21. The van der Waals surface area contributed by atoms with Crippen molar-refractivity contribution >= 4 is 36.5 Å². The van der Waals surface area contributed by atoms with Crippen LogP contribution >= 0.6 is 0 Å². The Morgan fingerprint density at radius 3 is 1.37 bits per heavy atom. The Kier molecular flexibility index (Phi) is 8.36. The summed E-state index contributed by atoms with van der Waals surface area (Å²) in [6, 6.07) is 12.7. The summed E-state index contributed by atoms with van der Waals surface area (Å²) in [5.74, 6) is 1.64. The zero-order valence-corrected chi connectivity index (χ0v) is 26.8. The third kappa shape index (κ3) is 5.95. The van der Waals surface area contributed by atoms with E-state index in [9.17, 15) is 0 Å². The van der Waals surface area contributed by atoms with Crippen molar-refractivity contribution in [3.63, 3.8) is 0 Å². The Bertz CT molecular complexity index is 1130. The predicted octanol–water partition coefficient (Wildman–Crippen LogP) is 7.28. The van der Waals surface area contributed by atoms with E-state index in [1.807, 2.05) is 0 Å². The van der Waals surface area contributed by atoms with E-state index in [0.29, 0.717) is 0 Å². The second-order valence-electron chi connectivity index (χ2n) is 14.0. The molecule has 0 spiro atoms. The largest absolute Gasteiger partial charge is 0.494 e. The van der Waals surface area contributed by atoms with Gasteiger partial charge in [-0.3, -0.25) is 0 Å². The minimum atomic E-state index is -0.442. The summed E-state index contributed by atoms with van der Waals surface area (Å²) in [4.78, 5) is 2.41. The number of anilines is 2. The van der Waals surface area contributed by atoms with Crippen LogP contribution in [0.2, 0.25) is 0 Å². The number of hydrogen-bond donors (Lipinski definition) is 0. The highest BCUT2D eigenvalue weighted by Crippen LogP contribution is 2.47. The molecule has 2 aromatic carbocycles. The molecule has 0 unspecified atom stereocenters. The molecule has 0 aromatic heterocycles. The van der Waals surface area contributed by atoms with Gasteiger partial charge in [-0.2, -0.15) is 0 Å². The normalized spacial score (nSPS) is 21.5. The molecule has 0 bridgehead atoms. The van der Waals surface area contributed by atoms with Crippen LogP contribution in [0.25, 0.3) is 0 Å². The molecule has 2 fully saturated rings. The molecule has 0 aliphatic carbocycles. The van der Waals surface area contributed by atoms with E-state index in [4.69, 9.17) is 23.4 Å². The number of nitrogens with zero attached hydrogens (tertiary/aromatic N) is 1. The Morgan fingerprint density at radius 1 is 0.561 bits per heavy atom. The predicted molar refractivity (Wildman–Crippen MR) is 169 cm³/mol. The average molecular weight is 561 g/mol. The fourth-order valence-corrected chi connectivity index (χ4v) is 5.64. The van der Waals surface area contributed by atoms with Gasteiger partial charge < -0.3 is 28.3 Å². The van der Waals surface area contributed by atoms with Gasteiger partial charge in [-0.25, -0.2) is 0 Å². The second kappa shape index (κ2) is 11.3. The van der Waals surface area contributed by atoms with Crippen LogP contribution < -0.4 is 20.6 Å². The molecule has 2 aromatic rings. The van der Waals surface area contributed by atoms with Gasteiger partial charge in [0.2, 0.25) is 0 Å². The molecule has 3 heterocycles. The molecule has 2 saturated heterocycles. The molecule has 3 aliphatic rings. The Hall–Kier alpha value is -1.99. The molecule has 8 heteroatoms. The number of ether oxygens (including phenoxy) is 1. The molecule has 3 aliphatic heterocycles. The van der Waals surface area contributed by atoms with Gasteiger partial charge >= 0.3 is 14.2 Å². The van der Waals surface area contributed by atoms with Crippen molar-refractivity contribution in [2.45, 2.75) is 130 Å². The smallest absolute Gasteiger partial charge is 0.453 e. The van der Waals surface area contributed by atoms with E-state index in [1.165, 1.54) is 38.5 Å². The van der Waals surface area contributed by atoms with Crippen LogP contribution in [0.1, 0.15) is 107 Å². The molecule has 0 amide bonds. The first-order chi connectivity index (χ1) is 19.2. The van der Waals surface area contributed by atoms with Gasteiger partial charge in [0.1, 0.15) is 0 Å². The van der Waals surface area contributed by atoms with Crippen molar-refractivity contribution in [2.24, 2.45) is 0 Å². The molecule has 41 heavy (non-hydrogen) atoms. The van der Waals surface area contributed by atoms with E-state index in [0.717, 1.165) is 46.8 Å². The molecular formula is C33H49B2NO5. The first-order valence-corrected chi connectivity index (χ1v) is 15.7. The second-order valence-corrected chi connectivity index (χ2v) is 14.0. The zero-order valence-electron chi connectivity index (χ0n) is 26.8. The Morgan fingerprint density at radius 2 is 0.951 bits per heavy atom. The minimum Gasteiger partial charge on any atom is -0.453 e. The van der Waals surface area contributed by atoms with Gasteiger partial charge in [-0.15, -0.1) is 0 Å². The molecule has 0 N–H and O–H groups in total. The summed E-state index contributed by atoms with van der Waals surface area (Å²) < 4.78 is 32.1. The zero-order chi connectivity index (χ0) is 29.6. The van der Waals surface area contributed by atoms with Crippen LogP contribution in [0.3, 0.4) is 0 Å². The summed E-state index contributed by atoms with van der Waals surface area (Å²) in [5, 5.41) is 0. The fourth-order valence-electron chi connectivity index (χ4n) is 5.64. The van der Waals surface area contributed by atoms with E-state index in [-0.39, 0.29) is 0 Å². The average Bonchev–Trinajstić information content (AvgIpc) is 3.26. The summed E-state index contributed by atoms with van der Waals surface area (Å²) >= 11 is 0. The third-order valence-electron chi connectivity index (χ3n) is 9.81. The topological polar surface area (TPSA) is 49.4 Å². The van der Waals surface area contributed by atoms with Crippen LogP contribution in [0, 0.1) is 0 Å². The van der Waals surface area contributed by atoms with Gasteiger partial charge in [0, 0.05) is 6.54 Å². The minimum absolute atomic E-state index is 0.401. The van der Waals surface area contributed by atoms with Crippen molar-refractivity contribution in [3.8, 4) is 11.5 Å². The first kappa shape index (κ1) is 30.5. The molecule has 5 rings (SSSR count). The number of unbranched alkanes of at least 4 members (excludes halogenated alkanes) is 6. The maximum absolute atomic E-state index is 6.62. The van der Waals surface area contributed by atoms with Gasteiger partial charge in [0.25, 0.3) is 0 Å². The van der Waals surface area contributed by atoms with Crippen LogP contribution in [0.4, 0.5) is 11.4 Å². The summed E-state index contributed by atoms with van der Waals surface area (Å²) in [6.07, 6.45) is 8.91. The lowest BCUT2D eigenvalue weighted by atomic mass is 9.78. The highest BCUT2D eigenvalue weighted by molar-refractivity contribution is 6.62. The molecule has 0 radical (unpaired) electrons. The van der Waals surface area contributed by atoms with Crippen LogP contribution in [-0.4, -0.2) is 43.2 Å². The van der Waals surface area contributed by atoms with Crippen molar-refractivity contribution in [1.29, 1.82) is 0 Å². The quantitative estimate of drug-likeness (QED) is 0.225. The van der Waals surface area contributed by atoms with Gasteiger partial charge in [-0.1, -0.05) is 57.6 Å². The number of fused-ring (bicyclic) bond motifs is 2. The molecule has 222 valence electrons. The molecule has 0 saturated carbocycles. The molecular weight excluding hydrogens is 512 g/mol. The fraction of sp³-hybridized carbons (Fsp3) is 0.636. The maximum Gasteiger partial charge on any atom is 0.494 e. The molecule has 0 atom stereocenters. The lowest BCUT2D eigenvalue weighted by Gasteiger charge is -2.33. The molecule has 6 nitrogen and oxygen atoms in total. The highest BCUT2D eigenvalue weighted by Gasteiger charge is 2.53. The van der Waals surface area contributed by atoms with Crippen molar-refractivity contribution < 1.29 is 23.4 Å². The summed E-state index contributed by atoms with van der Waals surface area (Å²) in [6.45, 7) is 19.9. The van der Waals surface area contributed by atoms with Gasteiger partial charge in [0.15, 0.2) is 11.5 Å². The van der Waals surface area contributed by atoms with E-state index >= 15 is 0 Å². The maximum atomic E-state index is 6.62. The van der Waals surface area contributed by atoms with Crippen molar-refractivity contribution in [3.05, 3.63) is 36.4 Å².